The Morgan fingerprint density at radius 2 is 1.95 bits per heavy atom. The van der Waals surface area contributed by atoms with Gasteiger partial charge in [0.05, 0.1) is 46.7 Å². The molecule has 2 aromatic heterocycles. The van der Waals surface area contributed by atoms with Gasteiger partial charge in [-0.3, -0.25) is 9.36 Å². The number of fused-ring (bicyclic) bond motifs is 1. The molecule has 40 heavy (non-hydrogen) atoms. The number of hydrogen-bond acceptors (Lipinski definition) is 8. The molecule has 0 N–H and O–H groups in total. The zero-order valence-corrected chi connectivity index (χ0v) is 24.3. The fourth-order valence-corrected chi connectivity index (χ4v) is 5.95. The van der Waals surface area contributed by atoms with Gasteiger partial charge in [0.1, 0.15) is 29.1 Å². The number of furan rings is 1. The smallest absolute Gasteiger partial charge is 0.338 e. The molecule has 0 radical (unpaired) electrons. The van der Waals surface area contributed by atoms with Crippen LogP contribution in [-0.4, -0.2) is 31.4 Å². The van der Waals surface area contributed by atoms with Crippen LogP contribution in [0.15, 0.2) is 74.0 Å². The van der Waals surface area contributed by atoms with Gasteiger partial charge in [0, 0.05) is 23.3 Å². The summed E-state index contributed by atoms with van der Waals surface area (Å²) in [4.78, 5) is 32.1. The summed E-state index contributed by atoms with van der Waals surface area (Å²) in [5.74, 6) is 1.41. The van der Waals surface area contributed by atoms with Crippen LogP contribution in [0.5, 0.6) is 11.5 Å². The van der Waals surface area contributed by atoms with Crippen LogP contribution in [0.25, 0.3) is 17.4 Å². The molecule has 3 heterocycles. The van der Waals surface area contributed by atoms with Crippen LogP contribution in [0.2, 0.25) is 10.0 Å². The van der Waals surface area contributed by atoms with Crippen molar-refractivity contribution in [3.63, 3.8) is 0 Å². The number of aromatic nitrogens is 1. The van der Waals surface area contributed by atoms with E-state index >= 15 is 0 Å². The van der Waals surface area contributed by atoms with Crippen LogP contribution in [-0.2, 0) is 9.53 Å². The van der Waals surface area contributed by atoms with Gasteiger partial charge in [-0.05, 0) is 50.2 Å². The summed E-state index contributed by atoms with van der Waals surface area (Å²) in [6.45, 7) is 3.62. The molecule has 8 nitrogen and oxygen atoms in total. The molecule has 0 saturated heterocycles. The number of carbonyl (C=O) groups is 1. The highest BCUT2D eigenvalue weighted by Crippen LogP contribution is 2.38. The Hall–Kier alpha value is -3.79. The van der Waals surface area contributed by atoms with E-state index in [1.54, 1.807) is 75.6 Å². The third kappa shape index (κ3) is 4.96. The molecule has 5 rings (SSSR count). The molecule has 206 valence electrons. The van der Waals surface area contributed by atoms with Gasteiger partial charge >= 0.3 is 5.97 Å². The van der Waals surface area contributed by atoms with E-state index in [4.69, 9.17) is 41.8 Å². The molecule has 0 bridgehead atoms. The molecule has 11 heteroatoms. The fraction of sp³-hybridized carbons (Fsp3) is 0.207. The molecule has 0 aliphatic carbocycles. The number of rotatable bonds is 7. The zero-order chi connectivity index (χ0) is 28.6. The highest BCUT2D eigenvalue weighted by molar-refractivity contribution is 7.07. The zero-order valence-electron chi connectivity index (χ0n) is 22.0. The highest BCUT2D eigenvalue weighted by Gasteiger charge is 2.35. The first-order valence-corrected chi connectivity index (χ1v) is 13.8. The third-order valence-corrected chi connectivity index (χ3v) is 8.17. The average molecular weight is 599 g/mol. The van der Waals surface area contributed by atoms with Gasteiger partial charge in [0.2, 0.25) is 0 Å². The Balaban J connectivity index is 1.68. The summed E-state index contributed by atoms with van der Waals surface area (Å²) >= 11 is 13.7. The van der Waals surface area contributed by atoms with E-state index in [0.29, 0.717) is 59.2 Å². The molecular formula is C29H24Cl2N2O6S. The molecule has 0 amide bonds. The molecule has 1 atom stereocenters. The second kappa shape index (κ2) is 11.4. The summed E-state index contributed by atoms with van der Waals surface area (Å²) < 4.78 is 24.2. The molecule has 0 saturated carbocycles. The maximum Gasteiger partial charge on any atom is 0.338 e. The molecular weight excluding hydrogens is 575 g/mol. The van der Waals surface area contributed by atoms with Crippen molar-refractivity contribution in [1.82, 2.24) is 4.57 Å². The second-order valence-corrected chi connectivity index (χ2v) is 10.5. The van der Waals surface area contributed by atoms with E-state index in [1.165, 1.54) is 23.0 Å². The number of esters is 1. The van der Waals surface area contributed by atoms with Crippen molar-refractivity contribution < 1.29 is 23.4 Å². The number of halogens is 2. The Labute approximate surface area is 243 Å². The molecule has 1 aliphatic heterocycles. The van der Waals surface area contributed by atoms with Gasteiger partial charge in [-0.15, -0.1) is 0 Å². The summed E-state index contributed by atoms with van der Waals surface area (Å²) in [5.41, 5.74) is 1.57. The maximum absolute atomic E-state index is 13.9. The van der Waals surface area contributed by atoms with E-state index < -0.39 is 12.0 Å². The van der Waals surface area contributed by atoms with Crippen LogP contribution in [0.1, 0.15) is 31.2 Å². The van der Waals surface area contributed by atoms with Gasteiger partial charge in [-0.1, -0.05) is 40.6 Å². The van der Waals surface area contributed by atoms with Crippen LogP contribution in [0, 0.1) is 0 Å². The lowest BCUT2D eigenvalue weighted by atomic mass is 9.95. The maximum atomic E-state index is 13.9. The lowest BCUT2D eigenvalue weighted by molar-refractivity contribution is -0.139. The summed E-state index contributed by atoms with van der Waals surface area (Å²) in [6, 6.07) is 13.2. The second-order valence-electron chi connectivity index (χ2n) is 8.71. The van der Waals surface area contributed by atoms with Gasteiger partial charge in [0.25, 0.3) is 5.56 Å². The lowest BCUT2D eigenvalue weighted by Crippen LogP contribution is -2.40. The van der Waals surface area contributed by atoms with E-state index in [1.807, 2.05) is 0 Å². The van der Waals surface area contributed by atoms with E-state index in [9.17, 15) is 9.59 Å². The molecule has 2 aromatic carbocycles. The summed E-state index contributed by atoms with van der Waals surface area (Å²) in [7, 11) is 3.06. The predicted molar refractivity (Wildman–Crippen MR) is 154 cm³/mol. The SMILES string of the molecule is CCOC(=O)C1=C(C)N=c2s/c(=C\c3ccc(-c4cccc(Cl)c4Cl)o3)c(=O)n2[C@H]1c1ccc(OC)cc1OC. The van der Waals surface area contributed by atoms with Crippen molar-refractivity contribution >= 4 is 46.6 Å². The number of allylic oxidation sites excluding steroid dienone is 1. The monoisotopic (exact) mass is 598 g/mol. The number of thiazole rings is 1. The van der Waals surface area contributed by atoms with Crippen molar-refractivity contribution in [3.05, 3.63) is 101 Å². The summed E-state index contributed by atoms with van der Waals surface area (Å²) in [5, 5.41) is 0.784. The minimum atomic E-state index is -0.837. The Kier molecular flexibility index (Phi) is 7.89. The van der Waals surface area contributed by atoms with E-state index in [-0.39, 0.29) is 17.7 Å². The van der Waals surface area contributed by atoms with E-state index in [2.05, 4.69) is 4.99 Å². The first-order chi connectivity index (χ1) is 19.3. The Bertz CT molecular complexity index is 1840. The van der Waals surface area contributed by atoms with Gasteiger partial charge in [-0.2, -0.15) is 0 Å². The first-order valence-electron chi connectivity index (χ1n) is 12.2. The molecule has 1 aliphatic rings. The minimum absolute atomic E-state index is 0.171. The molecule has 0 fully saturated rings. The van der Waals surface area contributed by atoms with Crippen LogP contribution in [0.3, 0.4) is 0 Å². The van der Waals surface area contributed by atoms with Crippen molar-refractivity contribution in [2.75, 3.05) is 20.8 Å². The highest BCUT2D eigenvalue weighted by atomic mass is 35.5. The van der Waals surface area contributed by atoms with Crippen molar-refractivity contribution in [3.8, 4) is 22.8 Å². The normalized spacial score (nSPS) is 15.1. The Morgan fingerprint density at radius 3 is 2.67 bits per heavy atom. The predicted octanol–water partition coefficient (Wildman–Crippen LogP) is 5.38. The van der Waals surface area contributed by atoms with Crippen LogP contribution < -0.4 is 24.4 Å². The van der Waals surface area contributed by atoms with Crippen molar-refractivity contribution in [2.24, 2.45) is 4.99 Å². The molecule has 4 aromatic rings. The topological polar surface area (TPSA) is 92.3 Å². The Morgan fingerprint density at radius 1 is 1.15 bits per heavy atom. The molecule has 0 spiro atoms. The van der Waals surface area contributed by atoms with Gasteiger partial charge in [-0.25, -0.2) is 9.79 Å². The van der Waals surface area contributed by atoms with Gasteiger partial charge < -0.3 is 18.6 Å². The quantitative estimate of drug-likeness (QED) is 0.265. The summed E-state index contributed by atoms with van der Waals surface area (Å²) in [6.07, 6.45) is 1.64. The first kappa shape index (κ1) is 27.8. The standard InChI is InChI=1S/C29H24Cl2N2O6S/c1-5-38-28(35)24-15(2)32-29-33(26(24)19-11-9-16(36-3)13-22(19)37-4)27(34)23(40-29)14-17-10-12-21(39-17)18-7-6-8-20(30)25(18)31/h6-14,26H,5H2,1-4H3/b23-14-/t26-/m0/s1. The fourth-order valence-electron chi connectivity index (χ4n) is 4.53. The van der Waals surface area contributed by atoms with Gasteiger partial charge in [0.15, 0.2) is 4.80 Å². The third-order valence-electron chi connectivity index (χ3n) is 6.37. The largest absolute Gasteiger partial charge is 0.497 e. The number of ether oxygens (including phenoxy) is 3. The number of benzene rings is 2. The lowest BCUT2D eigenvalue weighted by Gasteiger charge is -2.26. The van der Waals surface area contributed by atoms with E-state index in [0.717, 1.165) is 0 Å². The number of methoxy groups -OCH3 is 2. The number of nitrogens with zero attached hydrogens (tertiary/aromatic N) is 2. The van der Waals surface area contributed by atoms with Crippen molar-refractivity contribution in [2.45, 2.75) is 19.9 Å². The molecule has 0 unspecified atom stereocenters. The van der Waals surface area contributed by atoms with Crippen LogP contribution >= 0.6 is 34.5 Å². The number of carbonyl (C=O) groups excluding carboxylic acids is 1. The minimum Gasteiger partial charge on any atom is -0.497 e. The average Bonchev–Trinajstić information content (AvgIpc) is 3.53. The van der Waals surface area contributed by atoms with Crippen molar-refractivity contribution in [1.29, 1.82) is 0 Å². The number of hydrogen-bond donors (Lipinski definition) is 0. The van der Waals surface area contributed by atoms with Crippen LogP contribution in [0.4, 0.5) is 0 Å².